The highest BCUT2D eigenvalue weighted by molar-refractivity contribution is 8.15. The lowest BCUT2D eigenvalue weighted by atomic mass is 10.2. The van der Waals surface area contributed by atoms with E-state index in [1.807, 2.05) is 0 Å². The van der Waals surface area contributed by atoms with E-state index in [9.17, 15) is 13.6 Å². The Bertz CT molecular complexity index is 144. The number of carbonyl (C=O) groups excluding carboxylic acids is 1. The maximum Gasteiger partial charge on any atom is 0.333 e. The summed E-state index contributed by atoms with van der Waals surface area (Å²) in [5.74, 6) is -1.10. The minimum atomic E-state index is -3.33. The van der Waals surface area contributed by atoms with Gasteiger partial charge in [-0.15, -0.1) is 0 Å². The fraction of sp³-hybridized carbons (Fsp3) is 0.750. The van der Waals surface area contributed by atoms with Crippen molar-refractivity contribution in [1.82, 2.24) is 0 Å². The number of rotatable bonds is 1. The molecular formula is C4H3ClF2OS. The fourth-order valence-corrected chi connectivity index (χ4v) is 1.62. The van der Waals surface area contributed by atoms with Crippen molar-refractivity contribution in [3.05, 3.63) is 0 Å². The molecule has 1 fully saturated rings. The van der Waals surface area contributed by atoms with Crippen molar-refractivity contribution in [2.75, 3.05) is 5.75 Å². The number of carbonyl (C=O) groups is 1. The molecule has 1 aliphatic heterocycles. The summed E-state index contributed by atoms with van der Waals surface area (Å²) in [5, 5.41) is -3.84. The molecule has 0 bridgehead atoms. The van der Waals surface area contributed by atoms with Crippen LogP contribution in [0.4, 0.5) is 8.78 Å². The molecule has 0 radical (unpaired) electrons. The van der Waals surface area contributed by atoms with Gasteiger partial charge in [-0.1, -0.05) is 11.8 Å². The Morgan fingerprint density at radius 3 is 2.33 bits per heavy atom. The van der Waals surface area contributed by atoms with Gasteiger partial charge in [0.2, 0.25) is 0 Å². The zero-order chi connectivity index (χ0) is 7.07. The summed E-state index contributed by atoms with van der Waals surface area (Å²) in [7, 11) is 0. The second kappa shape index (κ2) is 2.09. The largest absolute Gasteiger partial charge is 0.333 e. The molecule has 0 amide bonds. The first-order chi connectivity index (χ1) is 4.02. The fourth-order valence-electron chi connectivity index (χ4n) is 0.463. The summed E-state index contributed by atoms with van der Waals surface area (Å²) < 4.78 is 23.9. The van der Waals surface area contributed by atoms with E-state index in [0.717, 1.165) is 11.8 Å². The summed E-state index contributed by atoms with van der Waals surface area (Å²) in [6, 6.07) is 0. The van der Waals surface area contributed by atoms with Gasteiger partial charge in [0, 0.05) is 5.75 Å². The van der Waals surface area contributed by atoms with E-state index in [1.165, 1.54) is 0 Å². The molecule has 1 rings (SSSR count). The standard InChI is InChI=1S/C4H3ClF2OS/c5-4(6,7)2-1-9-3(2)8/h2H,1H2. The summed E-state index contributed by atoms with van der Waals surface area (Å²) in [5.41, 5.74) is 0. The lowest BCUT2D eigenvalue weighted by Gasteiger charge is -2.26. The van der Waals surface area contributed by atoms with Crippen LogP contribution in [0, 0.1) is 5.92 Å². The van der Waals surface area contributed by atoms with Crippen molar-refractivity contribution in [1.29, 1.82) is 0 Å². The Kier molecular flexibility index (Phi) is 1.69. The molecule has 5 heteroatoms. The molecule has 0 N–H and O–H groups in total. The molecule has 1 saturated heterocycles. The highest BCUT2D eigenvalue weighted by atomic mass is 35.5. The molecule has 1 unspecified atom stereocenters. The highest BCUT2D eigenvalue weighted by Crippen LogP contribution is 2.41. The number of halogens is 3. The molecule has 0 saturated carbocycles. The molecule has 0 aromatic rings. The van der Waals surface area contributed by atoms with Crippen molar-refractivity contribution >= 4 is 28.5 Å². The Morgan fingerprint density at radius 2 is 2.33 bits per heavy atom. The van der Waals surface area contributed by atoms with Crippen LogP contribution in [0.5, 0.6) is 0 Å². The summed E-state index contributed by atoms with van der Waals surface area (Å²) in [6.07, 6.45) is 0. The third kappa shape index (κ3) is 1.35. The first-order valence-electron chi connectivity index (χ1n) is 2.25. The van der Waals surface area contributed by atoms with E-state index in [1.54, 1.807) is 0 Å². The molecular weight excluding hydrogens is 170 g/mol. The van der Waals surface area contributed by atoms with Crippen LogP contribution in [0.1, 0.15) is 0 Å². The molecule has 1 nitrogen and oxygen atoms in total. The average molecular weight is 173 g/mol. The zero-order valence-electron chi connectivity index (χ0n) is 4.23. The van der Waals surface area contributed by atoms with Crippen LogP contribution in [-0.4, -0.2) is 16.2 Å². The summed E-state index contributed by atoms with van der Waals surface area (Å²) in [6.45, 7) is 0. The van der Waals surface area contributed by atoms with E-state index in [0.29, 0.717) is 0 Å². The summed E-state index contributed by atoms with van der Waals surface area (Å²) >= 11 is 5.45. The first kappa shape index (κ1) is 7.28. The molecule has 0 aliphatic carbocycles. The molecule has 0 aromatic heterocycles. The number of thioether (sulfide) groups is 1. The molecule has 0 spiro atoms. The molecule has 9 heavy (non-hydrogen) atoms. The van der Waals surface area contributed by atoms with E-state index >= 15 is 0 Å². The monoisotopic (exact) mass is 172 g/mol. The van der Waals surface area contributed by atoms with Crippen LogP contribution in [0.25, 0.3) is 0 Å². The van der Waals surface area contributed by atoms with Gasteiger partial charge in [0.05, 0.1) is 0 Å². The minimum absolute atomic E-state index is 0.148. The Morgan fingerprint density at radius 1 is 1.78 bits per heavy atom. The van der Waals surface area contributed by atoms with Gasteiger partial charge >= 0.3 is 5.38 Å². The number of alkyl halides is 3. The second-order valence-electron chi connectivity index (χ2n) is 1.72. The topological polar surface area (TPSA) is 17.1 Å². The Labute approximate surface area is 59.7 Å². The Balaban J connectivity index is 2.54. The predicted octanol–water partition coefficient (Wildman–Crippen LogP) is 1.71. The zero-order valence-corrected chi connectivity index (χ0v) is 5.81. The van der Waals surface area contributed by atoms with Crippen LogP contribution in [-0.2, 0) is 4.79 Å². The van der Waals surface area contributed by atoms with E-state index in [4.69, 9.17) is 0 Å². The van der Waals surface area contributed by atoms with Gasteiger partial charge in [-0.2, -0.15) is 8.78 Å². The van der Waals surface area contributed by atoms with Gasteiger partial charge in [-0.05, 0) is 11.6 Å². The van der Waals surface area contributed by atoms with Crippen molar-refractivity contribution < 1.29 is 13.6 Å². The predicted molar refractivity (Wildman–Crippen MR) is 31.8 cm³/mol. The Hall–Kier alpha value is 0.170. The maximum absolute atomic E-state index is 11.9. The van der Waals surface area contributed by atoms with Crippen LogP contribution in [0.2, 0.25) is 0 Å². The van der Waals surface area contributed by atoms with Gasteiger partial charge in [-0.25, -0.2) is 0 Å². The summed E-state index contributed by atoms with van der Waals surface area (Å²) in [4.78, 5) is 10.3. The molecule has 52 valence electrons. The average Bonchev–Trinajstić information content (AvgIpc) is 1.57. The van der Waals surface area contributed by atoms with E-state index in [2.05, 4.69) is 11.6 Å². The first-order valence-corrected chi connectivity index (χ1v) is 3.61. The molecule has 1 atom stereocenters. The van der Waals surface area contributed by atoms with Gasteiger partial charge in [0.15, 0.2) is 5.12 Å². The maximum atomic E-state index is 11.9. The van der Waals surface area contributed by atoms with Gasteiger partial charge < -0.3 is 0 Å². The van der Waals surface area contributed by atoms with E-state index in [-0.39, 0.29) is 5.75 Å². The smallest absolute Gasteiger partial charge is 0.287 e. The second-order valence-corrected chi connectivity index (χ2v) is 3.25. The minimum Gasteiger partial charge on any atom is -0.287 e. The van der Waals surface area contributed by atoms with Crippen molar-refractivity contribution in [2.24, 2.45) is 5.92 Å². The van der Waals surface area contributed by atoms with Crippen molar-refractivity contribution in [3.8, 4) is 0 Å². The van der Waals surface area contributed by atoms with Crippen molar-refractivity contribution in [3.63, 3.8) is 0 Å². The van der Waals surface area contributed by atoms with Crippen LogP contribution in [0.15, 0.2) is 0 Å². The third-order valence-corrected chi connectivity index (χ3v) is 2.40. The number of hydrogen-bond acceptors (Lipinski definition) is 2. The lowest BCUT2D eigenvalue weighted by Crippen LogP contribution is -2.37. The highest BCUT2D eigenvalue weighted by Gasteiger charge is 2.48. The number of hydrogen-bond donors (Lipinski definition) is 0. The van der Waals surface area contributed by atoms with Gasteiger partial charge in [-0.3, -0.25) is 4.79 Å². The SMILES string of the molecule is O=C1SCC1C(F)(F)Cl. The van der Waals surface area contributed by atoms with Gasteiger partial charge in [0.25, 0.3) is 0 Å². The quantitative estimate of drug-likeness (QED) is 0.560. The van der Waals surface area contributed by atoms with Gasteiger partial charge in [0.1, 0.15) is 5.92 Å². The molecule has 0 aromatic carbocycles. The third-order valence-electron chi connectivity index (χ3n) is 1.07. The van der Waals surface area contributed by atoms with Crippen LogP contribution < -0.4 is 0 Å². The van der Waals surface area contributed by atoms with Crippen LogP contribution in [0.3, 0.4) is 0 Å². The van der Waals surface area contributed by atoms with E-state index < -0.39 is 16.4 Å². The molecule has 1 aliphatic rings. The van der Waals surface area contributed by atoms with Crippen molar-refractivity contribution in [2.45, 2.75) is 5.38 Å². The molecule has 1 heterocycles. The lowest BCUT2D eigenvalue weighted by molar-refractivity contribution is -0.121. The van der Waals surface area contributed by atoms with Crippen LogP contribution >= 0.6 is 23.4 Å². The normalized spacial score (nSPS) is 27.9.